The van der Waals surface area contributed by atoms with Crippen molar-refractivity contribution in [3.8, 4) is 11.5 Å². The summed E-state index contributed by atoms with van der Waals surface area (Å²) in [6.07, 6.45) is 1.78. The average molecular weight is 608 g/mol. The molecule has 0 unspecified atom stereocenters. The van der Waals surface area contributed by atoms with Crippen molar-refractivity contribution >= 4 is 27.5 Å². The molecule has 0 spiro atoms. The Kier molecular flexibility index (Phi) is 10.0. The largest absolute Gasteiger partial charge is 0.454 e. The molecule has 2 amide bonds. The highest BCUT2D eigenvalue weighted by atomic mass is 32.2. The minimum Gasteiger partial charge on any atom is -0.454 e. The second-order valence-electron chi connectivity index (χ2n) is 11.9. The minimum atomic E-state index is -3.65. The highest BCUT2D eigenvalue weighted by Crippen LogP contribution is 2.36. The SMILES string of the molecule is Cc1cccc(CN(C(=O)CCCN(c2ccc3c(c2)OCO3)S(C)(=O)=O)[C@H](Cc2ccccc2)C(=O)NC(C)(C)C)c1. The van der Waals surface area contributed by atoms with Gasteiger partial charge in [-0.2, -0.15) is 0 Å². The topological polar surface area (TPSA) is 105 Å². The lowest BCUT2D eigenvalue weighted by molar-refractivity contribution is -0.142. The van der Waals surface area contributed by atoms with Crippen molar-refractivity contribution in [2.24, 2.45) is 0 Å². The van der Waals surface area contributed by atoms with Crippen LogP contribution in [0.4, 0.5) is 5.69 Å². The zero-order valence-corrected chi connectivity index (χ0v) is 26.3. The van der Waals surface area contributed by atoms with Crippen LogP contribution in [0.3, 0.4) is 0 Å². The Morgan fingerprint density at radius 1 is 0.930 bits per heavy atom. The Hall–Kier alpha value is -4.05. The van der Waals surface area contributed by atoms with E-state index in [2.05, 4.69) is 5.32 Å². The maximum Gasteiger partial charge on any atom is 0.243 e. The molecule has 1 atom stereocenters. The van der Waals surface area contributed by atoms with Gasteiger partial charge in [0, 0.05) is 37.5 Å². The van der Waals surface area contributed by atoms with Crippen LogP contribution in [0.2, 0.25) is 0 Å². The zero-order valence-electron chi connectivity index (χ0n) is 25.5. The van der Waals surface area contributed by atoms with Gasteiger partial charge in [0.05, 0.1) is 11.9 Å². The van der Waals surface area contributed by atoms with Crippen molar-refractivity contribution in [2.75, 3.05) is 23.9 Å². The molecule has 1 aliphatic heterocycles. The Labute approximate surface area is 254 Å². The van der Waals surface area contributed by atoms with E-state index in [4.69, 9.17) is 9.47 Å². The number of hydrogen-bond acceptors (Lipinski definition) is 6. The third-order valence-electron chi connectivity index (χ3n) is 7.00. The van der Waals surface area contributed by atoms with Gasteiger partial charge in [-0.1, -0.05) is 60.2 Å². The summed E-state index contributed by atoms with van der Waals surface area (Å²) in [7, 11) is -3.65. The highest BCUT2D eigenvalue weighted by molar-refractivity contribution is 7.92. The van der Waals surface area contributed by atoms with Gasteiger partial charge in [-0.05, 0) is 57.4 Å². The number of ether oxygens (including phenoxy) is 2. The Balaban J connectivity index is 1.59. The molecule has 1 heterocycles. The first kappa shape index (κ1) is 31.9. The van der Waals surface area contributed by atoms with Crippen LogP contribution >= 0.6 is 0 Å². The number of anilines is 1. The fraction of sp³-hybridized carbons (Fsp3) is 0.394. The average Bonchev–Trinajstić information content (AvgIpc) is 3.40. The van der Waals surface area contributed by atoms with E-state index in [9.17, 15) is 18.0 Å². The molecule has 0 bridgehead atoms. The molecule has 1 N–H and O–H groups in total. The quantitative estimate of drug-likeness (QED) is 0.317. The van der Waals surface area contributed by atoms with Gasteiger partial charge >= 0.3 is 0 Å². The van der Waals surface area contributed by atoms with Crippen LogP contribution in [-0.4, -0.2) is 56.3 Å². The number of carbonyl (C=O) groups excluding carboxylic acids is 2. The molecule has 1 aliphatic rings. The molecule has 0 aliphatic carbocycles. The molecule has 10 heteroatoms. The van der Waals surface area contributed by atoms with Crippen molar-refractivity contribution in [1.82, 2.24) is 10.2 Å². The van der Waals surface area contributed by atoms with Crippen LogP contribution < -0.4 is 19.1 Å². The summed E-state index contributed by atoms with van der Waals surface area (Å²) in [5, 5.41) is 3.07. The van der Waals surface area contributed by atoms with E-state index in [-0.39, 0.29) is 44.5 Å². The third kappa shape index (κ3) is 8.97. The monoisotopic (exact) mass is 607 g/mol. The predicted molar refractivity (Wildman–Crippen MR) is 168 cm³/mol. The van der Waals surface area contributed by atoms with Crippen molar-refractivity contribution in [1.29, 1.82) is 0 Å². The summed E-state index contributed by atoms with van der Waals surface area (Å²) >= 11 is 0. The van der Waals surface area contributed by atoms with Gasteiger partial charge in [-0.15, -0.1) is 0 Å². The summed E-state index contributed by atoms with van der Waals surface area (Å²) < 4.78 is 37.6. The maximum absolute atomic E-state index is 14.0. The molecule has 0 saturated carbocycles. The van der Waals surface area contributed by atoms with E-state index in [0.717, 1.165) is 22.9 Å². The number of amides is 2. The fourth-order valence-electron chi connectivity index (χ4n) is 5.06. The molecule has 9 nitrogen and oxygen atoms in total. The zero-order chi connectivity index (χ0) is 31.2. The number of benzene rings is 3. The Morgan fingerprint density at radius 3 is 2.30 bits per heavy atom. The maximum atomic E-state index is 14.0. The van der Waals surface area contributed by atoms with Crippen LogP contribution in [0, 0.1) is 6.92 Å². The Morgan fingerprint density at radius 2 is 1.63 bits per heavy atom. The van der Waals surface area contributed by atoms with Gasteiger partial charge in [0.1, 0.15) is 6.04 Å². The molecule has 3 aromatic carbocycles. The molecule has 0 aromatic heterocycles. The molecule has 3 aromatic rings. The number of carbonyl (C=O) groups is 2. The second kappa shape index (κ2) is 13.5. The molecule has 0 saturated heterocycles. The lowest BCUT2D eigenvalue weighted by Crippen LogP contribution is -2.54. The van der Waals surface area contributed by atoms with Crippen LogP contribution in [0.5, 0.6) is 11.5 Å². The third-order valence-corrected chi connectivity index (χ3v) is 8.20. The number of aryl methyl sites for hydroxylation is 1. The summed E-state index contributed by atoms with van der Waals surface area (Å²) in [5.41, 5.74) is 2.83. The molecular formula is C33H41N3O6S. The standard InChI is InChI=1S/C33H41N3O6S/c1-24-11-9-14-26(19-24)22-35(28(32(38)34-33(2,3)4)20-25-12-7-6-8-13-25)31(37)15-10-18-36(43(5,39)40)27-16-17-29-30(21-27)42-23-41-29/h6-9,11-14,16-17,19,21,28H,10,15,18,20,22-23H2,1-5H3,(H,34,38)/t28-/m1/s1. The molecule has 230 valence electrons. The van der Waals surface area contributed by atoms with E-state index in [0.29, 0.717) is 23.6 Å². The van der Waals surface area contributed by atoms with Gasteiger partial charge in [-0.3, -0.25) is 13.9 Å². The number of nitrogens with one attached hydrogen (secondary N) is 1. The van der Waals surface area contributed by atoms with Gasteiger partial charge in [-0.25, -0.2) is 8.42 Å². The van der Waals surface area contributed by atoms with Crippen molar-refractivity contribution in [3.05, 3.63) is 89.5 Å². The number of fused-ring (bicyclic) bond motifs is 1. The Bertz CT molecular complexity index is 1540. The summed E-state index contributed by atoms with van der Waals surface area (Å²) in [5.74, 6) is 0.554. The molecule has 4 rings (SSSR count). The molecule has 43 heavy (non-hydrogen) atoms. The number of hydrogen-bond donors (Lipinski definition) is 1. The normalized spacial score (nSPS) is 13.3. The van der Waals surface area contributed by atoms with E-state index < -0.39 is 21.6 Å². The van der Waals surface area contributed by atoms with Crippen molar-refractivity contribution in [3.63, 3.8) is 0 Å². The lowest BCUT2D eigenvalue weighted by Gasteiger charge is -2.34. The van der Waals surface area contributed by atoms with Crippen molar-refractivity contribution < 1.29 is 27.5 Å². The van der Waals surface area contributed by atoms with E-state index in [1.54, 1.807) is 23.1 Å². The summed E-state index contributed by atoms with van der Waals surface area (Å²) in [6.45, 7) is 8.12. The van der Waals surface area contributed by atoms with E-state index >= 15 is 0 Å². The minimum absolute atomic E-state index is 0.0521. The molecular weight excluding hydrogens is 566 g/mol. The first-order chi connectivity index (χ1) is 20.3. The van der Waals surface area contributed by atoms with Gasteiger partial charge in [0.15, 0.2) is 11.5 Å². The fourth-order valence-corrected chi connectivity index (χ4v) is 6.02. The second-order valence-corrected chi connectivity index (χ2v) is 13.8. The van der Waals surface area contributed by atoms with Crippen LogP contribution in [0.25, 0.3) is 0 Å². The summed E-state index contributed by atoms with van der Waals surface area (Å²) in [6, 6.07) is 21.7. The van der Waals surface area contributed by atoms with Gasteiger partial charge < -0.3 is 19.7 Å². The number of rotatable bonds is 12. The van der Waals surface area contributed by atoms with Gasteiger partial charge in [0.25, 0.3) is 0 Å². The van der Waals surface area contributed by atoms with E-state index in [1.807, 2.05) is 82.3 Å². The lowest BCUT2D eigenvalue weighted by atomic mass is 10.00. The first-order valence-electron chi connectivity index (χ1n) is 14.4. The van der Waals surface area contributed by atoms with E-state index in [1.165, 1.54) is 4.31 Å². The molecule has 0 fully saturated rings. The molecule has 0 radical (unpaired) electrons. The summed E-state index contributed by atoms with van der Waals surface area (Å²) in [4.78, 5) is 29.4. The van der Waals surface area contributed by atoms with Crippen LogP contribution in [0.1, 0.15) is 50.3 Å². The van der Waals surface area contributed by atoms with Crippen LogP contribution in [-0.2, 0) is 32.6 Å². The number of nitrogens with zero attached hydrogens (tertiary/aromatic N) is 2. The smallest absolute Gasteiger partial charge is 0.243 e. The predicted octanol–water partition coefficient (Wildman–Crippen LogP) is 4.82. The number of sulfonamides is 1. The van der Waals surface area contributed by atoms with Crippen LogP contribution in [0.15, 0.2) is 72.8 Å². The van der Waals surface area contributed by atoms with Crippen molar-refractivity contribution in [2.45, 2.75) is 65.1 Å². The first-order valence-corrected chi connectivity index (χ1v) is 16.2. The highest BCUT2D eigenvalue weighted by Gasteiger charge is 2.32. The van der Waals surface area contributed by atoms with Gasteiger partial charge in [0.2, 0.25) is 28.6 Å².